The lowest BCUT2D eigenvalue weighted by atomic mass is 9.73. The Kier molecular flexibility index (Phi) is 4.86. The normalized spacial score (nSPS) is 26.8. The zero-order valence-electron chi connectivity index (χ0n) is 10.5. The van der Waals surface area contributed by atoms with Crippen molar-refractivity contribution in [2.24, 2.45) is 17.6 Å². The van der Waals surface area contributed by atoms with Crippen LogP contribution in [0.25, 0.3) is 0 Å². The predicted octanol–water partition coefficient (Wildman–Crippen LogP) is 4.51. The highest BCUT2D eigenvalue weighted by Gasteiger charge is 2.29. The van der Waals surface area contributed by atoms with Gasteiger partial charge in [-0.25, -0.2) is 0 Å². The maximum Gasteiger partial charge on any atom is 0.0326 e. The zero-order valence-corrected chi connectivity index (χ0v) is 12.7. The van der Waals surface area contributed by atoms with Crippen LogP contribution in [0.2, 0.25) is 0 Å². The average molecular weight is 343 g/mol. The van der Waals surface area contributed by atoms with E-state index in [9.17, 15) is 0 Å². The number of nitrogens with two attached hydrogens (primary N) is 1. The van der Waals surface area contributed by atoms with Crippen molar-refractivity contribution >= 4 is 22.6 Å². The molecule has 0 spiro atoms. The second kappa shape index (κ2) is 6.19. The van der Waals surface area contributed by atoms with E-state index in [1.807, 2.05) is 0 Å². The van der Waals surface area contributed by atoms with Gasteiger partial charge in [0.25, 0.3) is 0 Å². The topological polar surface area (TPSA) is 26.0 Å². The Morgan fingerprint density at radius 1 is 1.24 bits per heavy atom. The first-order valence-corrected chi connectivity index (χ1v) is 7.81. The van der Waals surface area contributed by atoms with E-state index < -0.39 is 0 Å². The summed E-state index contributed by atoms with van der Waals surface area (Å²) in [5.41, 5.74) is 7.80. The molecule has 1 aliphatic rings. The number of hydrogen-bond acceptors (Lipinski definition) is 1. The Labute approximate surface area is 118 Å². The summed E-state index contributed by atoms with van der Waals surface area (Å²) >= 11 is 2.35. The van der Waals surface area contributed by atoms with Gasteiger partial charge in [-0.2, -0.15) is 0 Å². The first-order valence-electron chi connectivity index (χ1n) is 6.73. The molecule has 0 aliphatic heterocycles. The van der Waals surface area contributed by atoms with Gasteiger partial charge in [0.2, 0.25) is 0 Å². The maximum absolute atomic E-state index is 6.48. The summed E-state index contributed by atoms with van der Waals surface area (Å²) in [5, 5.41) is 0. The van der Waals surface area contributed by atoms with Crippen molar-refractivity contribution < 1.29 is 0 Å². The molecule has 0 radical (unpaired) electrons. The van der Waals surface area contributed by atoms with Crippen molar-refractivity contribution in [3.05, 3.63) is 33.4 Å². The quantitative estimate of drug-likeness (QED) is 0.803. The van der Waals surface area contributed by atoms with Crippen LogP contribution in [0.3, 0.4) is 0 Å². The predicted molar refractivity (Wildman–Crippen MR) is 81.8 cm³/mol. The molecular weight excluding hydrogens is 321 g/mol. The lowest BCUT2D eigenvalue weighted by molar-refractivity contribution is 0.196. The summed E-state index contributed by atoms with van der Waals surface area (Å²) in [5.74, 6) is 1.52. The van der Waals surface area contributed by atoms with Gasteiger partial charge >= 0.3 is 0 Å². The third kappa shape index (κ3) is 3.22. The first-order chi connectivity index (χ1) is 8.22. The van der Waals surface area contributed by atoms with Gasteiger partial charge in [-0.05, 0) is 58.5 Å². The van der Waals surface area contributed by atoms with E-state index in [1.165, 1.54) is 41.2 Å². The zero-order chi connectivity index (χ0) is 12.3. The van der Waals surface area contributed by atoms with Crippen LogP contribution in [0, 0.1) is 15.4 Å². The Bertz CT molecular complexity index is 346. The van der Waals surface area contributed by atoms with Gasteiger partial charge in [-0.15, -0.1) is 0 Å². The number of halogens is 1. The molecule has 1 aromatic rings. The summed E-state index contributed by atoms with van der Waals surface area (Å²) in [6.07, 6.45) is 6.72. The minimum Gasteiger partial charge on any atom is -0.324 e. The van der Waals surface area contributed by atoms with Crippen molar-refractivity contribution in [1.82, 2.24) is 0 Å². The van der Waals surface area contributed by atoms with Crippen LogP contribution in [0.1, 0.15) is 50.6 Å². The molecular formula is C15H22IN. The summed E-state index contributed by atoms with van der Waals surface area (Å²) in [4.78, 5) is 0. The number of benzene rings is 1. The van der Waals surface area contributed by atoms with Crippen LogP contribution in [-0.4, -0.2) is 0 Å². The Morgan fingerprint density at radius 2 is 1.88 bits per heavy atom. The van der Waals surface area contributed by atoms with Gasteiger partial charge in [0.05, 0.1) is 0 Å². The van der Waals surface area contributed by atoms with E-state index in [2.05, 4.69) is 53.8 Å². The lowest BCUT2D eigenvalue weighted by Crippen LogP contribution is -2.30. The summed E-state index contributed by atoms with van der Waals surface area (Å²) < 4.78 is 1.29. The molecule has 2 rings (SSSR count). The van der Waals surface area contributed by atoms with Crippen LogP contribution >= 0.6 is 22.6 Å². The second-order valence-corrected chi connectivity index (χ2v) is 6.44. The van der Waals surface area contributed by atoms with Gasteiger partial charge < -0.3 is 5.73 Å². The molecule has 0 aromatic heterocycles. The molecule has 1 nitrogen and oxygen atoms in total. The van der Waals surface area contributed by atoms with Crippen molar-refractivity contribution in [2.45, 2.75) is 45.1 Å². The molecule has 2 N–H and O–H groups in total. The Balaban J connectivity index is 2.12. The van der Waals surface area contributed by atoms with Crippen molar-refractivity contribution in [2.75, 3.05) is 0 Å². The molecule has 1 aliphatic carbocycles. The average Bonchev–Trinajstić information content (AvgIpc) is 2.39. The highest BCUT2D eigenvalue weighted by Crippen LogP contribution is 2.39. The van der Waals surface area contributed by atoms with E-state index >= 15 is 0 Å². The third-order valence-corrected chi connectivity index (χ3v) is 4.93. The van der Waals surface area contributed by atoms with Crippen LogP contribution in [0.5, 0.6) is 0 Å². The Hall–Kier alpha value is -0.0900. The molecule has 3 unspecified atom stereocenters. The molecule has 17 heavy (non-hydrogen) atoms. The molecule has 0 saturated heterocycles. The molecule has 94 valence electrons. The molecule has 3 atom stereocenters. The maximum atomic E-state index is 6.48. The van der Waals surface area contributed by atoms with Crippen LogP contribution in [0.4, 0.5) is 0 Å². The fourth-order valence-corrected chi connectivity index (χ4v) is 3.51. The van der Waals surface area contributed by atoms with Crippen LogP contribution in [-0.2, 0) is 0 Å². The molecule has 1 saturated carbocycles. The number of hydrogen-bond donors (Lipinski definition) is 1. The monoisotopic (exact) mass is 343 g/mol. The first kappa shape index (κ1) is 13.3. The van der Waals surface area contributed by atoms with Gasteiger partial charge in [-0.1, -0.05) is 44.7 Å². The van der Waals surface area contributed by atoms with Crippen LogP contribution < -0.4 is 5.73 Å². The van der Waals surface area contributed by atoms with E-state index in [1.54, 1.807) is 0 Å². The highest BCUT2D eigenvalue weighted by molar-refractivity contribution is 14.1. The standard InChI is InChI=1S/C15H22IN/c1-2-11-5-3-4-6-14(11)15(17)12-7-9-13(16)10-8-12/h7-11,14-15H,2-6,17H2,1H3. The summed E-state index contributed by atoms with van der Waals surface area (Å²) in [7, 11) is 0. The molecule has 0 bridgehead atoms. The fraction of sp³-hybridized carbons (Fsp3) is 0.600. The van der Waals surface area contributed by atoms with Crippen molar-refractivity contribution in [1.29, 1.82) is 0 Å². The van der Waals surface area contributed by atoms with Crippen molar-refractivity contribution in [3.63, 3.8) is 0 Å². The number of rotatable bonds is 3. The van der Waals surface area contributed by atoms with E-state index in [0.29, 0.717) is 5.92 Å². The minimum absolute atomic E-state index is 0.234. The fourth-order valence-electron chi connectivity index (χ4n) is 3.15. The van der Waals surface area contributed by atoms with Gasteiger partial charge in [-0.3, -0.25) is 0 Å². The van der Waals surface area contributed by atoms with Crippen molar-refractivity contribution in [3.8, 4) is 0 Å². The van der Waals surface area contributed by atoms with E-state index in [-0.39, 0.29) is 6.04 Å². The highest BCUT2D eigenvalue weighted by atomic mass is 127. The summed E-state index contributed by atoms with van der Waals surface area (Å²) in [6.45, 7) is 2.31. The molecule has 2 heteroatoms. The molecule has 1 aromatic carbocycles. The molecule has 1 fully saturated rings. The smallest absolute Gasteiger partial charge is 0.0326 e. The Morgan fingerprint density at radius 3 is 2.53 bits per heavy atom. The van der Waals surface area contributed by atoms with Gasteiger partial charge in [0.15, 0.2) is 0 Å². The minimum atomic E-state index is 0.234. The third-order valence-electron chi connectivity index (χ3n) is 4.21. The van der Waals surface area contributed by atoms with E-state index in [4.69, 9.17) is 5.73 Å². The van der Waals surface area contributed by atoms with Crippen LogP contribution in [0.15, 0.2) is 24.3 Å². The SMILES string of the molecule is CCC1CCCCC1C(N)c1ccc(I)cc1. The summed E-state index contributed by atoms with van der Waals surface area (Å²) in [6, 6.07) is 8.97. The molecule has 0 amide bonds. The second-order valence-electron chi connectivity index (χ2n) is 5.19. The largest absolute Gasteiger partial charge is 0.324 e. The molecule has 0 heterocycles. The van der Waals surface area contributed by atoms with E-state index in [0.717, 1.165) is 5.92 Å². The lowest BCUT2D eigenvalue weighted by Gasteiger charge is -2.35. The van der Waals surface area contributed by atoms with Gasteiger partial charge in [0, 0.05) is 9.61 Å². The van der Waals surface area contributed by atoms with Gasteiger partial charge in [0.1, 0.15) is 0 Å².